The van der Waals surface area contributed by atoms with Crippen LogP contribution in [0.3, 0.4) is 0 Å². The average Bonchev–Trinajstić information content (AvgIpc) is 2.33. The summed E-state index contributed by atoms with van der Waals surface area (Å²) in [7, 11) is 0. The number of hydrogen-bond donors (Lipinski definition) is 2. The first-order valence-corrected chi connectivity index (χ1v) is 3.24. The highest BCUT2D eigenvalue weighted by atomic mass is 35.5. The van der Waals surface area contributed by atoms with E-state index in [9.17, 15) is 0 Å². The van der Waals surface area contributed by atoms with Crippen molar-refractivity contribution >= 4 is 23.1 Å². The first-order chi connectivity index (χ1) is 4.86. The topological polar surface area (TPSA) is 49.8 Å². The molecule has 0 bridgehead atoms. The van der Waals surface area contributed by atoms with Crippen LogP contribution in [0.2, 0.25) is 5.28 Å². The van der Waals surface area contributed by atoms with E-state index in [1.165, 1.54) is 0 Å². The molecule has 0 atom stereocenters. The number of hydrogen-bond acceptors (Lipinski definition) is 4. The normalized spacial score (nSPS) is 13.7. The van der Waals surface area contributed by atoms with Gasteiger partial charge in [-0.25, -0.2) is 4.98 Å². The molecule has 0 saturated carbocycles. The van der Waals surface area contributed by atoms with Gasteiger partial charge >= 0.3 is 0 Å². The second-order valence-corrected chi connectivity index (χ2v) is 2.27. The Bertz CT molecular complexity index is 262. The highest BCUT2D eigenvalue weighted by Gasteiger charge is 2.09. The zero-order chi connectivity index (χ0) is 6.97. The van der Waals surface area contributed by atoms with E-state index in [-0.39, 0.29) is 5.28 Å². The summed E-state index contributed by atoms with van der Waals surface area (Å²) < 4.78 is 0. The van der Waals surface area contributed by atoms with Gasteiger partial charge in [-0.15, -0.1) is 0 Å². The van der Waals surface area contributed by atoms with Crippen molar-refractivity contribution in [3.8, 4) is 0 Å². The van der Waals surface area contributed by atoms with E-state index in [0.717, 1.165) is 11.5 Å². The lowest BCUT2D eigenvalue weighted by Gasteiger charge is -1.94. The lowest BCUT2D eigenvalue weighted by Crippen LogP contribution is -1.99. The minimum Gasteiger partial charge on any atom is -0.364 e. The lowest BCUT2D eigenvalue weighted by molar-refractivity contribution is 1.18. The van der Waals surface area contributed by atoms with Crippen LogP contribution in [0, 0.1) is 0 Å². The Labute approximate surface area is 62.6 Å². The van der Waals surface area contributed by atoms with Crippen LogP contribution in [0.1, 0.15) is 0 Å². The molecule has 1 aliphatic heterocycles. The summed E-state index contributed by atoms with van der Waals surface area (Å²) in [5, 5.41) is 6.30. The maximum absolute atomic E-state index is 5.53. The summed E-state index contributed by atoms with van der Waals surface area (Å²) in [5.41, 5.74) is 0.907. The molecule has 0 aliphatic carbocycles. The Morgan fingerprint density at radius 2 is 2.40 bits per heavy atom. The Morgan fingerprint density at radius 3 is 3.30 bits per heavy atom. The number of nitrogens with zero attached hydrogens (tertiary/aromatic N) is 2. The van der Waals surface area contributed by atoms with Gasteiger partial charge in [0, 0.05) is 0 Å². The van der Waals surface area contributed by atoms with Crippen LogP contribution in [0.15, 0.2) is 6.20 Å². The van der Waals surface area contributed by atoms with Crippen molar-refractivity contribution in [2.75, 3.05) is 17.3 Å². The van der Waals surface area contributed by atoms with Gasteiger partial charge in [0.2, 0.25) is 5.28 Å². The zero-order valence-electron chi connectivity index (χ0n) is 5.06. The second kappa shape index (κ2) is 1.98. The highest BCUT2D eigenvalue weighted by molar-refractivity contribution is 6.28. The maximum atomic E-state index is 5.53. The van der Waals surface area contributed by atoms with Gasteiger partial charge in [0.05, 0.1) is 18.6 Å². The SMILES string of the molecule is Clc1ncc2c(n1)NCN2. The molecule has 4 nitrogen and oxygen atoms in total. The van der Waals surface area contributed by atoms with Gasteiger partial charge in [0.15, 0.2) is 5.82 Å². The molecule has 2 N–H and O–H groups in total. The molecule has 0 amide bonds. The molecule has 1 aromatic rings. The lowest BCUT2D eigenvalue weighted by atomic mass is 10.5. The van der Waals surface area contributed by atoms with Crippen LogP contribution in [-0.2, 0) is 0 Å². The van der Waals surface area contributed by atoms with Gasteiger partial charge in [-0.05, 0) is 11.6 Å². The monoisotopic (exact) mass is 156 g/mol. The Balaban J connectivity index is 2.52. The summed E-state index contributed by atoms with van der Waals surface area (Å²) in [6, 6.07) is 0. The van der Waals surface area contributed by atoms with Crippen LogP contribution in [-0.4, -0.2) is 16.6 Å². The molecule has 5 heteroatoms. The van der Waals surface area contributed by atoms with Crippen LogP contribution < -0.4 is 10.6 Å². The fraction of sp³-hybridized carbons (Fsp3) is 0.200. The van der Waals surface area contributed by atoms with Crippen molar-refractivity contribution in [1.82, 2.24) is 9.97 Å². The molecule has 0 unspecified atom stereocenters. The van der Waals surface area contributed by atoms with Gasteiger partial charge in [-0.2, -0.15) is 4.98 Å². The summed E-state index contributed by atoms with van der Waals surface area (Å²) in [4.78, 5) is 7.74. The van der Waals surface area contributed by atoms with Crippen molar-refractivity contribution in [2.24, 2.45) is 0 Å². The molecular formula is C5H5ClN4. The van der Waals surface area contributed by atoms with Crippen molar-refractivity contribution in [3.05, 3.63) is 11.5 Å². The van der Waals surface area contributed by atoms with Crippen LogP contribution >= 0.6 is 11.6 Å². The Hall–Kier alpha value is -1.03. The third-order valence-corrected chi connectivity index (χ3v) is 1.48. The number of nitrogens with one attached hydrogen (secondary N) is 2. The van der Waals surface area contributed by atoms with Crippen molar-refractivity contribution in [3.63, 3.8) is 0 Å². The predicted octanol–water partition coefficient (Wildman–Crippen LogP) is 0.925. The highest BCUT2D eigenvalue weighted by Crippen LogP contribution is 2.22. The molecule has 0 fully saturated rings. The third-order valence-electron chi connectivity index (χ3n) is 1.29. The van der Waals surface area contributed by atoms with E-state index in [0.29, 0.717) is 6.67 Å². The summed E-state index contributed by atoms with van der Waals surface area (Å²) in [6.45, 7) is 0.699. The molecule has 1 aromatic heterocycles. The van der Waals surface area contributed by atoms with Gasteiger partial charge < -0.3 is 10.6 Å². The second-order valence-electron chi connectivity index (χ2n) is 1.93. The molecule has 0 aromatic carbocycles. The largest absolute Gasteiger partial charge is 0.364 e. The quantitative estimate of drug-likeness (QED) is 0.549. The third kappa shape index (κ3) is 0.769. The fourth-order valence-corrected chi connectivity index (χ4v) is 0.981. The molecule has 52 valence electrons. The first kappa shape index (κ1) is 5.73. The Morgan fingerprint density at radius 1 is 1.50 bits per heavy atom. The van der Waals surface area contributed by atoms with Gasteiger partial charge in [-0.1, -0.05) is 0 Å². The van der Waals surface area contributed by atoms with E-state index in [4.69, 9.17) is 11.6 Å². The predicted molar refractivity (Wildman–Crippen MR) is 39.2 cm³/mol. The zero-order valence-corrected chi connectivity index (χ0v) is 5.81. The van der Waals surface area contributed by atoms with Gasteiger partial charge in [0.25, 0.3) is 0 Å². The van der Waals surface area contributed by atoms with Gasteiger partial charge in [0.1, 0.15) is 0 Å². The minimum atomic E-state index is 0.273. The molecule has 0 spiro atoms. The summed E-state index contributed by atoms with van der Waals surface area (Å²) >= 11 is 5.53. The van der Waals surface area contributed by atoms with Crippen molar-refractivity contribution in [1.29, 1.82) is 0 Å². The standard InChI is InChI=1S/C5H5ClN4/c6-5-7-1-3-4(10-5)9-2-8-3/h1,8H,2H2,(H,7,9,10). The Kier molecular flexibility index (Phi) is 1.14. The van der Waals surface area contributed by atoms with E-state index >= 15 is 0 Å². The number of halogens is 1. The van der Waals surface area contributed by atoms with Crippen molar-refractivity contribution < 1.29 is 0 Å². The molecule has 0 radical (unpaired) electrons. The molecule has 0 saturated heterocycles. The molecule has 1 aliphatic rings. The fourth-order valence-electron chi connectivity index (χ4n) is 0.848. The smallest absolute Gasteiger partial charge is 0.224 e. The van der Waals surface area contributed by atoms with E-state index in [2.05, 4.69) is 20.6 Å². The average molecular weight is 157 g/mol. The first-order valence-electron chi connectivity index (χ1n) is 2.86. The number of aromatic nitrogens is 2. The maximum Gasteiger partial charge on any atom is 0.224 e. The van der Waals surface area contributed by atoms with Crippen molar-refractivity contribution in [2.45, 2.75) is 0 Å². The molecule has 10 heavy (non-hydrogen) atoms. The summed E-state index contributed by atoms with van der Waals surface area (Å²) in [5.74, 6) is 0.778. The number of fused-ring (bicyclic) bond motifs is 1. The van der Waals surface area contributed by atoms with E-state index in [1.54, 1.807) is 6.20 Å². The minimum absolute atomic E-state index is 0.273. The van der Waals surface area contributed by atoms with E-state index < -0.39 is 0 Å². The van der Waals surface area contributed by atoms with Crippen LogP contribution in [0.25, 0.3) is 0 Å². The van der Waals surface area contributed by atoms with Crippen LogP contribution in [0.5, 0.6) is 0 Å². The summed E-state index contributed by atoms with van der Waals surface area (Å²) in [6.07, 6.45) is 1.66. The molecule has 2 heterocycles. The molecular weight excluding hydrogens is 152 g/mol. The van der Waals surface area contributed by atoms with E-state index in [1.807, 2.05) is 0 Å². The molecule has 2 rings (SSSR count). The number of anilines is 2. The van der Waals surface area contributed by atoms with Crippen LogP contribution in [0.4, 0.5) is 11.5 Å². The number of rotatable bonds is 0. The van der Waals surface area contributed by atoms with Gasteiger partial charge in [-0.3, -0.25) is 0 Å².